The van der Waals surface area contributed by atoms with Gasteiger partial charge in [0.2, 0.25) is 0 Å². The Morgan fingerprint density at radius 2 is 2.05 bits per heavy atom. The molecule has 0 saturated heterocycles. The monoisotopic (exact) mass is 293 g/mol. The Balaban J connectivity index is 2.21. The molecule has 0 aliphatic heterocycles. The molecule has 2 rings (SSSR count). The molecule has 5 heteroatoms. The van der Waals surface area contributed by atoms with Gasteiger partial charge < -0.3 is 5.32 Å². The minimum absolute atomic E-state index is 0.0561. The van der Waals surface area contributed by atoms with E-state index in [9.17, 15) is 4.39 Å². The maximum Gasteiger partial charge on any atom is 0.141 e. The van der Waals surface area contributed by atoms with Crippen LogP contribution in [-0.4, -0.2) is 16.0 Å². The van der Waals surface area contributed by atoms with Gasteiger partial charge in [-0.25, -0.2) is 9.37 Å². The molecule has 0 spiro atoms. The molecule has 2 aromatic rings. The first-order valence-electron chi connectivity index (χ1n) is 6.76. The molecule has 1 unspecified atom stereocenters. The second-order valence-electron chi connectivity index (χ2n) is 5.23. The predicted octanol–water partition coefficient (Wildman–Crippen LogP) is 3.58. The Morgan fingerprint density at radius 3 is 2.55 bits per heavy atom. The van der Waals surface area contributed by atoms with Crippen LogP contribution in [0.3, 0.4) is 0 Å². The molecule has 20 heavy (non-hydrogen) atoms. The number of halogens is 1. The molecule has 108 valence electrons. The molecule has 0 radical (unpaired) electrons. The van der Waals surface area contributed by atoms with Crippen molar-refractivity contribution in [3.63, 3.8) is 0 Å². The maximum absolute atomic E-state index is 13.0. The van der Waals surface area contributed by atoms with E-state index in [1.165, 1.54) is 17.1 Å². The van der Waals surface area contributed by atoms with Gasteiger partial charge in [-0.2, -0.15) is 0 Å². The lowest BCUT2D eigenvalue weighted by Gasteiger charge is -2.20. The number of aryl methyl sites for hydroxylation is 2. The molecule has 3 nitrogen and oxygen atoms in total. The van der Waals surface area contributed by atoms with Crippen molar-refractivity contribution in [2.75, 3.05) is 0 Å². The molecule has 0 bridgehead atoms. The van der Waals surface area contributed by atoms with Gasteiger partial charge in [0.1, 0.15) is 5.82 Å². The summed E-state index contributed by atoms with van der Waals surface area (Å²) in [7, 11) is 0. The molecule has 0 aliphatic carbocycles. The number of thiazole rings is 1. The summed E-state index contributed by atoms with van der Waals surface area (Å²) < 4.78 is 13.0. The van der Waals surface area contributed by atoms with Gasteiger partial charge in [0.25, 0.3) is 0 Å². The molecule has 0 fully saturated rings. The van der Waals surface area contributed by atoms with Crippen LogP contribution in [-0.2, 0) is 6.42 Å². The number of nitrogens with one attached hydrogen (secondary N) is 1. The second-order valence-corrected chi connectivity index (χ2v) is 6.52. The van der Waals surface area contributed by atoms with E-state index in [1.54, 1.807) is 17.4 Å². The van der Waals surface area contributed by atoms with Crippen LogP contribution in [0.4, 0.5) is 4.39 Å². The summed E-state index contributed by atoms with van der Waals surface area (Å²) in [5.74, 6) is -0.307. The zero-order chi connectivity index (χ0) is 14.7. The van der Waals surface area contributed by atoms with Crippen molar-refractivity contribution in [3.05, 3.63) is 45.4 Å². The number of aromatic nitrogens is 2. The summed E-state index contributed by atoms with van der Waals surface area (Å²) in [6.07, 6.45) is 2.04. The average molecular weight is 293 g/mol. The number of hydrogen-bond donors (Lipinski definition) is 1. The highest BCUT2D eigenvalue weighted by atomic mass is 32.1. The van der Waals surface area contributed by atoms with Crippen molar-refractivity contribution in [1.82, 2.24) is 15.3 Å². The van der Waals surface area contributed by atoms with Crippen molar-refractivity contribution in [1.29, 1.82) is 0 Å². The van der Waals surface area contributed by atoms with Gasteiger partial charge in [-0.1, -0.05) is 13.8 Å². The summed E-state index contributed by atoms with van der Waals surface area (Å²) in [6, 6.07) is 3.58. The fourth-order valence-electron chi connectivity index (χ4n) is 2.05. The SMILES string of the molecule is Cc1nc(CC(NC(C)C)c2ccc(F)cn2)sc1C. The van der Waals surface area contributed by atoms with E-state index in [-0.39, 0.29) is 11.9 Å². The third-order valence-corrected chi connectivity index (χ3v) is 4.19. The van der Waals surface area contributed by atoms with E-state index >= 15 is 0 Å². The summed E-state index contributed by atoms with van der Waals surface area (Å²) in [5.41, 5.74) is 1.94. The van der Waals surface area contributed by atoms with Crippen LogP contribution >= 0.6 is 11.3 Å². The minimum Gasteiger partial charge on any atom is -0.306 e. The molecule has 2 aromatic heterocycles. The van der Waals surface area contributed by atoms with Crippen molar-refractivity contribution in [3.8, 4) is 0 Å². The van der Waals surface area contributed by atoms with Crippen LogP contribution in [0.15, 0.2) is 18.3 Å². The van der Waals surface area contributed by atoms with Gasteiger partial charge >= 0.3 is 0 Å². The van der Waals surface area contributed by atoms with Gasteiger partial charge in [-0.15, -0.1) is 11.3 Å². The molecular weight excluding hydrogens is 273 g/mol. The third-order valence-electron chi connectivity index (χ3n) is 3.09. The zero-order valence-corrected chi connectivity index (χ0v) is 13.1. The van der Waals surface area contributed by atoms with Crippen molar-refractivity contribution >= 4 is 11.3 Å². The predicted molar refractivity (Wildman–Crippen MR) is 80.5 cm³/mol. The first-order chi connectivity index (χ1) is 9.45. The molecule has 2 heterocycles. The smallest absolute Gasteiger partial charge is 0.141 e. The van der Waals surface area contributed by atoms with E-state index < -0.39 is 0 Å². The molecule has 0 aromatic carbocycles. The summed E-state index contributed by atoms with van der Waals surface area (Å²) in [5, 5.41) is 4.56. The van der Waals surface area contributed by atoms with Gasteiger partial charge in [-0.3, -0.25) is 4.98 Å². The van der Waals surface area contributed by atoms with Crippen molar-refractivity contribution in [2.24, 2.45) is 0 Å². The van der Waals surface area contributed by atoms with Gasteiger partial charge in [0, 0.05) is 17.3 Å². The van der Waals surface area contributed by atoms with Gasteiger partial charge in [0.15, 0.2) is 0 Å². The van der Waals surface area contributed by atoms with Crippen molar-refractivity contribution < 1.29 is 4.39 Å². The number of nitrogens with zero attached hydrogens (tertiary/aromatic N) is 2. The zero-order valence-electron chi connectivity index (χ0n) is 12.3. The highest BCUT2D eigenvalue weighted by molar-refractivity contribution is 7.11. The highest BCUT2D eigenvalue weighted by Crippen LogP contribution is 2.23. The Kier molecular flexibility index (Phi) is 4.83. The fraction of sp³-hybridized carbons (Fsp3) is 0.467. The Morgan fingerprint density at radius 1 is 1.30 bits per heavy atom. The van der Waals surface area contributed by atoms with E-state index in [0.29, 0.717) is 6.04 Å². The number of rotatable bonds is 5. The third kappa shape index (κ3) is 3.84. The first kappa shape index (κ1) is 15.1. The van der Waals surface area contributed by atoms with Gasteiger partial charge in [0.05, 0.1) is 28.6 Å². The van der Waals surface area contributed by atoms with Crippen LogP contribution in [0.5, 0.6) is 0 Å². The topological polar surface area (TPSA) is 37.8 Å². The van der Waals surface area contributed by atoms with Crippen LogP contribution in [0, 0.1) is 19.7 Å². The molecule has 1 N–H and O–H groups in total. The second kappa shape index (κ2) is 6.41. The first-order valence-corrected chi connectivity index (χ1v) is 7.57. The standard InChI is InChI=1S/C15H20FN3S/c1-9(2)18-14(13-6-5-12(16)8-17-13)7-15-19-10(3)11(4)20-15/h5-6,8-9,14,18H,7H2,1-4H3. The minimum atomic E-state index is -0.307. The molecule has 0 saturated carbocycles. The Bertz CT molecular complexity index is 543. The molecule has 1 atom stereocenters. The lowest BCUT2D eigenvalue weighted by molar-refractivity contribution is 0.463. The molecule has 0 amide bonds. The molecular formula is C15H20FN3S. The van der Waals surface area contributed by atoms with E-state index in [4.69, 9.17) is 0 Å². The van der Waals surface area contributed by atoms with E-state index in [1.807, 2.05) is 6.92 Å². The summed E-state index contributed by atoms with van der Waals surface area (Å²) in [4.78, 5) is 10.0. The number of pyridine rings is 1. The summed E-state index contributed by atoms with van der Waals surface area (Å²) >= 11 is 1.71. The normalized spacial score (nSPS) is 12.9. The summed E-state index contributed by atoms with van der Waals surface area (Å²) in [6.45, 7) is 8.29. The largest absolute Gasteiger partial charge is 0.306 e. The highest BCUT2D eigenvalue weighted by Gasteiger charge is 2.17. The van der Waals surface area contributed by atoms with Crippen LogP contribution in [0.2, 0.25) is 0 Å². The fourth-order valence-corrected chi connectivity index (χ4v) is 3.03. The van der Waals surface area contributed by atoms with Crippen molar-refractivity contribution in [2.45, 2.75) is 46.2 Å². The lowest BCUT2D eigenvalue weighted by Crippen LogP contribution is -2.30. The van der Waals surface area contributed by atoms with Crippen LogP contribution < -0.4 is 5.32 Å². The molecule has 0 aliphatic rings. The number of hydrogen-bond acceptors (Lipinski definition) is 4. The maximum atomic E-state index is 13.0. The lowest BCUT2D eigenvalue weighted by atomic mass is 10.1. The van der Waals surface area contributed by atoms with Crippen LogP contribution in [0.25, 0.3) is 0 Å². The Hall–Kier alpha value is -1.33. The average Bonchev–Trinajstić information content (AvgIpc) is 2.68. The van der Waals surface area contributed by atoms with E-state index in [2.05, 4.69) is 36.1 Å². The van der Waals surface area contributed by atoms with E-state index in [0.717, 1.165) is 22.8 Å². The quantitative estimate of drug-likeness (QED) is 0.915. The Labute approximate surface area is 123 Å². The van der Waals surface area contributed by atoms with Gasteiger partial charge in [-0.05, 0) is 26.0 Å². The van der Waals surface area contributed by atoms with Crippen LogP contribution in [0.1, 0.15) is 41.2 Å².